The number of thiazole rings is 1. The maximum atomic E-state index is 12.9. The van der Waals surface area contributed by atoms with Crippen LogP contribution in [0.25, 0.3) is 21.1 Å². The zero-order valence-corrected chi connectivity index (χ0v) is 14.3. The van der Waals surface area contributed by atoms with Gasteiger partial charge in [-0.1, -0.05) is 41.7 Å². The molecule has 25 heavy (non-hydrogen) atoms. The Labute approximate surface area is 148 Å². The summed E-state index contributed by atoms with van der Waals surface area (Å²) in [6.45, 7) is 0.711. The van der Waals surface area contributed by atoms with E-state index in [9.17, 15) is 4.79 Å². The predicted molar refractivity (Wildman–Crippen MR) is 101 cm³/mol. The molecule has 0 radical (unpaired) electrons. The summed E-state index contributed by atoms with van der Waals surface area (Å²) in [7, 11) is 0. The third kappa shape index (κ3) is 2.59. The quantitative estimate of drug-likeness (QED) is 0.606. The first kappa shape index (κ1) is 14.6. The van der Waals surface area contributed by atoms with Gasteiger partial charge in [-0.3, -0.25) is 9.36 Å². The van der Waals surface area contributed by atoms with Crippen molar-refractivity contribution in [2.45, 2.75) is 25.4 Å². The minimum absolute atomic E-state index is 0.0522. The molecule has 2 aromatic carbocycles. The van der Waals surface area contributed by atoms with Gasteiger partial charge < -0.3 is 5.32 Å². The summed E-state index contributed by atoms with van der Waals surface area (Å²) in [4.78, 5) is 22.0. The Balaban J connectivity index is 1.57. The van der Waals surface area contributed by atoms with Crippen molar-refractivity contribution in [1.29, 1.82) is 0 Å². The number of benzene rings is 2. The average Bonchev–Trinajstić information content (AvgIpc) is 3.39. The SMILES string of the molecule is O=c1c2c(ccc3nc(NCc4ccccc4)sc32)ncn1C1CC1. The van der Waals surface area contributed by atoms with E-state index in [4.69, 9.17) is 0 Å². The Morgan fingerprint density at radius 3 is 2.72 bits per heavy atom. The number of anilines is 1. The summed E-state index contributed by atoms with van der Waals surface area (Å²) in [5.74, 6) is 0. The van der Waals surface area contributed by atoms with Crippen LogP contribution in [0.1, 0.15) is 24.4 Å². The highest BCUT2D eigenvalue weighted by Gasteiger charge is 2.26. The Bertz CT molecular complexity index is 1130. The summed E-state index contributed by atoms with van der Waals surface area (Å²) >= 11 is 1.53. The Morgan fingerprint density at radius 2 is 1.92 bits per heavy atom. The summed E-state index contributed by atoms with van der Waals surface area (Å²) in [5, 5.41) is 4.88. The molecule has 0 saturated heterocycles. The second-order valence-electron chi connectivity index (χ2n) is 6.35. The molecule has 0 amide bonds. The van der Waals surface area contributed by atoms with E-state index in [1.807, 2.05) is 30.3 Å². The van der Waals surface area contributed by atoms with E-state index < -0.39 is 0 Å². The minimum Gasteiger partial charge on any atom is -0.357 e. The molecule has 1 fully saturated rings. The van der Waals surface area contributed by atoms with Crippen LogP contribution in [0.4, 0.5) is 5.13 Å². The van der Waals surface area contributed by atoms with E-state index in [0.29, 0.717) is 18.0 Å². The van der Waals surface area contributed by atoms with Crippen LogP contribution in [0.3, 0.4) is 0 Å². The van der Waals surface area contributed by atoms with Crippen LogP contribution >= 0.6 is 11.3 Å². The Morgan fingerprint density at radius 1 is 1.12 bits per heavy atom. The van der Waals surface area contributed by atoms with Gasteiger partial charge in [0.1, 0.15) is 0 Å². The number of nitrogens with one attached hydrogen (secondary N) is 1. The van der Waals surface area contributed by atoms with Crippen LogP contribution in [-0.2, 0) is 6.54 Å². The number of aromatic nitrogens is 3. The van der Waals surface area contributed by atoms with Gasteiger partial charge in [-0.2, -0.15) is 0 Å². The van der Waals surface area contributed by atoms with Gasteiger partial charge >= 0.3 is 0 Å². The van der Waals surface area contributed by atoms with Crippen molar-refractivity contribution in [1.82, 2.24) is 14.5 Å². The van der Waals surface area contributed by atoms with Crippen molar-refractivity contribution in [3.05, 3.63) is 64.7 Å². The third-order valence-corrected chi connectivity index (χ3v) is 5.58. The fraction of sp³-hybridized carbons (Fsp3) is 0.211. The van der Waals surface area contributed by atoms with E-state index in [1.165, 1.54) is 16.9 Å². The number of nitrogens with zero attached hydrogens (tertiary/aromatic N) is 3. The van der Waals surface area contributed by atoms with Crippen LogP contribution in [-0.4, -0.2) is 14.5 Å². The first-order valence-corrected chi connectivity index (χ1v) is 9.19. The lowest BCUT2D eigenvalue weighted by atomic mass is 10.2. The molecule has 1 saturated carbocycles. The van der Waals surface area contributed by atoms with Gasteiger partial charge in [0.25, 0.3) is 5.56 Å². The second kappa shape index (κ2) is 5.67. The van der Waals surface area contributed by atoms with Gasteiger partial charge in [0.2, 0.25) is 0 Å². The summed E-state index contributed by atoms with van der Waals surface area (Å²) < 4.78 is 2.69. The summed E-state index contributed by atoms with van der Waals surface area (Å²) in [5.41, 5.74) is 2.84. The van der Waals surface area contributed by atoms with Gasteiger partial charge in [-0.15, -0.1) is 0 Å². The second-order valence-corrected chi connectivity index (χ2v) is 7.35. The molecule has 0 aliphatic heterocycles. The molecule has 1 aliphatic carbocycles. The van der Waals surface area contributed by atoms with Crippen molar-refractivity contribution in [3.8, 4) is 0 Å². The molecule has 0 spiro atoms. The molecule has 2 heterocycles. The number of hydrogen-bond donors (Lipinski definition) is 1. The Hall–Kier alpha value is -2.73. The van der Waals surface area contributed by atoms with Gasteiger partial charge in [-0.05, 0) is 30.5 Å². The number of hydrogen-bond acceptors (Lipinski definition) is 5. The zero-order valence-electron chi connectivity index (χ0n) is 13.5. The molecule has 0 bridgehead atoms. The number of fused-ring (bicyclic) bond motifs is 3. The molecule has 4 aromatic rings. The fourth-order valence-electron chi connectivity index (χ4n) is 3.06. The van der Waals surface area contributed by atoms with E-state index in [-0.39, 0.29) is 5.56 Å². The highest BCUT2D eigenvalue weighted by molar-refractivity contribution is 7.23. The molecule has 5 rings (SSSR count). The average molecular weight is 348 g/mol. The van der Waals surface area contributed by atoms with Gasteiger partial charge in [0.15, 0.2) is 5.13 Å². The molecule has 124 valence electrons. The number of rotatable bonds is 4. The molecule has 6 heteroatoms. The highest BCUT2D eigenvalue weighted by atomic mass is 32.1. The van der Waals surface area contributed by atoms with E-state index in [1.54, 1.807) is 10.9 Å². The van der Waals surface area contributed by atoms with Crippen LogP contribution in [0.15, 0.2) is 53.6 Å². The van der Waals surface area contributed by atoms with Crippen LogP contribution in [0.5, 0.6) is 0 Å². The van der Waals surface area contributed by atoms with E-state index in [2.05, 4.69) is 27.4 Å². The minimum atomic E-state index is 0.0522. The maximum absolute atomic E-state index is 12.9. The van der Waals surface area contributed by atoms with Crippen molar-refractivity contribution < 1.29 is 0 Å². The maximum Gasteiger partial charge on any atom is 0.262 e. The lowest BCUT2D eigenvalue weighted by Gasteiger charge is -2.04. The molecule has 1 N–H and O–H groups in total. The van der Waals surface area contributed by atoms with Crippen LogP contribution in [0, 0.1) is 0 Å². The van der Waals surface area contributed by atoms with E-state index >= 15 is 0 Å². The third-order valence-electron chi connectivity index (χ3n) is 4.53. The van der Waals surface area contributed by atoms with Gasteiger partial charge in [0, 0.05) is 12.6 Å². The van der Waals surface area contributed by atoms with Crippen LogP contribution < -0.4 is 10.9 Å². The van der Waals surface area contributed by atoms with Gasteiger partial charge in [0.05, 0.1) is 27.4 Å². The first-order valence-electron chi connectivity index (χ1n) is 8.38. The molecule has 5 nitrogen and oxygen atoms in total. The lowest BCUT2D eigenvalue weighted by Crippen LogP contribution is -2.19. The zero-order chi connectivity index (χ0) is 16.8. The van der Waals surface area contributed by atoms with Crippen molar-refractivity contribution >= 4 is 37.6 Å². The van der Waals surface area contributed by atoms with Crippen molar-refractivity contribution in [2.75, 3.05) is 5.32 Å². The molecule has 1 aliphatic rings. The van der Waals surface area contributed by atoms with E-state index in [0.717, 1.165) is 33.7 Å². The normalized spacial score (nSPS) is 14.2. The topological polar surface area (TPSA) is 59.8 Å². The lowest BCUT2D eigenvalue weighted by molar-refractivity contribution is 0.699. The fourth-order valence-corrected chi connectivity index (χ4v) is 4.06. The highest BCUT2D eigenvalue weighted by Crippen LogP contribution is 2.35. The molecular formula is C19H16N4OS. The van der Waals surface area contributed by atoms with Gasteiger partial charge in [-0.25, -0.2) is 9.97 Å². The first-order chi connectivity index (χ1) is 12.3. The largest absolute Gasteiger partial charge is 0.357 e. The molecule has 2 aromatic heterocycles. The van der Waals surface area contributed by atoms with Crippen molar-refractivity contribution in [2.24, 2.45) is 0 Å². The molecule has 0 unspecified atom stereocenters. The van der Waals surface area contributed by atoms with Crippen LogP contribution in [0.2, 0.25) is 0 Å². The van der Waals surface area contributed by atoms with Crippen molar-refractivity contribution in [3.63, 3.8) is 0 Å². The standard InChI is InChI=1S/C19H16N4OS/c24-18-16-14(21-11-23(18)13-6-7-13)8-9-15-17(16)25-19(22-15)20-10-12-4-2-1-3-5-12/h1-5,8-9,11,13H,6-7,10H2,(H,20,22). The Kier molecular flexibility index (Phi) is 3.31. The summed E-state index contributed by atoms with van der Waals surface area (Å²) in [6, 6.07) is 14.4. The summed E-state index contributed by atoms with van der Waals surface area (Å²) in [6.07, 6.45) is 3.81. The predicted octanol–water partition coefficient (Wildman–Crippen LogP) is 3.95. The molecule has 0 atom stereocenters. The molecular weight excluding hydrogens is 332 g/mol. The monoisotopic (exact) mass is 348 g/mol. The smallest absolute Gasteiger partial charge is 0.262 e.